The van der Waals surface area contributed by atoms with Gasteiger partial charge in [-0.1, -0.05) is 101 Å². The zero-order chi connectivity index (χ0) is 33.3. The summed E-state index contributed by atoms with van der Waals surface area (Å²) in [5, 5.41) is 0.282. The van der Waals surface area contributed by atoms with Crippen LogP contribution in [-0.4, -0.2) is 63.9 Å². The van der Waals surface area contributed by atoms with Crippen molar-refractivity contribution in [3.63, 3.8) is 0 Å². The lowest BCUT2D eigenvalue weighted by Gasteiger charge is -2.52. The molecule has 0 aliphatic heterocycles. The Morgan fingerprint density at radius 1 is 0.357 bits per heavy atom. The fourth-order valence-corrected chi connectivity index (χ4v) is 22.5. The molecule has 0 saturated carbocycles. The molecule has 0 bridgehead atoms. The van der Waals surface area contributed by atoms with E-state index in [1.807, 2.05) is 0 Å². The Bertz CT molecular complexity index is 688. The molecule has 0 rings (SSSR count). The molecule has 0 fully saturated rings. The third kappa shape index (κ3) is 13.3. The van der Waals surface area contributed by atoms with Crippen LogP contribution in [-0.2, 0) is 25.6 Å². The normalized spacial score (nSPS) is 15.0. The number of unbranched alkanes of at least 4 members (excludes halogenated alkanes) is 7. The van der Waals surface area contributed by atoms with Crippen LogP contribution in [0, 0.1) is 0 Å². The highest BCUT2D eigenvalue weighted by Crippen LogP contribution is 2.47. The van der Waals surface area contributed by atoms with Gasteiger partial charge >= 0.3 is 17.6 Å². The van der Waals surface area contributed by atoms with Gasteiger partial charge in [-0.05, 0) is 67.2 Å². The molecule has 0 spiro atoms. The highest BCUT2D eigenvalue weighted by atomic mass is 28.5. The maximum Gasteiger partial charge on any atom is 0.500 e. The van der Waals surface area contributed by atoms with Crippen molar-refractivity contribution in [2.45, 2.75) is 180 Å². The number of rotatable bonds is 20. The molecular weight excluding hydrogens is 609 g/mol. The van der Waals surface area contributed by atoms with Gasteiger partial charge in [0.2, 0.25) is 0 Å². The summed E-state index contributed by atoms with van der Waals surface area (Å²) in [5.74, 6) is 0. The van der Waals surface area contributed by atoms with E-state index in [0.717, 1.165) is 24.9 Å². The van der Waals surface area contributed by atoms with Gasteiger partial charge < -0.3 is 25.6 Å². The minimum absolute atomic E-state index is 0.0940. The van der Waals surface area contributed by atoms with Gasteiger partial charge in [0.15, 0.2) is 25.0 Å². The third-order valence-corrected chi connectivity index (χ3v) is 34.8. The summed E-state index contributed by atoms with van der Waals surface area (Å²) in [6.07, 6.45) is 9.63. The van der Waals surface area contributed by atoms with Crippen LogP contribution in [0.3, 0.4) is 0 Å². The fraction of sp³-hybridized carbons (Fsp3) is 1.00. The van der Waals surface area contributed by atoms with Crippen LogP contribution in [0.5, 0.6) is 0 Å². The molecule has 6 nitrogen and oxygen atoms in total. The second kappa shape index (κ2) is 16.6. The number of hydrogen-bond donors (Lipinski definition) is 0. The van der Waals surface area contributed by atoms with Crippen molar-refractivity contribution in [1.29, 1.82) is 0 Å². The lowest BCUT2D eigenvalue weighted by molar-refractivity contribution is 0.122. The standard InChI is InChI=1S/C31H74O6Si5/c1-29(2,3)38(13,14)35-42(36-39(15,16)30(4,5)6,37-40(17,18)31(7,8)9)28-26-24-22-20-19-21-23-25-27-41(32-10,33-11)34-12/h19-28H2,1-18H3. The number of hydrogen-bond acceptors (Lipinski definition) is 6. The van der Waals surface area contributed by atoms with E-state index in [0.29, 0.717) is 0 Å². The maximum absolute atomic E-state index is 7.45. The predicted octanol–water partition coefficient (Wildman–Crippen LogP) is 11.0. The van der Waals surface area contributed by atoms with Crippen LogP contribution in [0.15, 0.2) is 0 Å². The molecule has 0 aromatic rings. The Balaban J connectivity index is 5.63. The van der Waals surface area contributed by atoms with E-state index in [1.54, 1.807) is 21.3 Å². The first-order chi connectivity index (χ1) is 18.8. The van der Waals surface area contributed by atoms with Gasteiger partial charge in [-0.25, -0.2) is 0 Å². The van der Waals surface area contributed by atoms with Crippen LogP contribution < -0.4 is 0 Å². The summed E-state index contributed by atoms with van der Waals surface area (Å²) in [6, 6.07) is 1.82. The molecule has 42 heavy (non-hydrogen) atoms. The summed E-state index contributed by atoms with van der Waals surface area (Å²) < 4.78 is 39.0. The molecule has 11 heteroatoms. The summed E-state index contributed by atoms with van der Waals surface area (Å²) in [5.41, 5.74) is 0. The highest BCUT2D eigenvalue weighted by molar-refractivity contribution is 6.92. The van der Waals surface area contributed by atoms with Crippen molar-refractivity contribution in [2.24, 2.45) is 0 Å². The summed E-state index contributed by atoms with van der Waals surface area (Å²) >= 11 is 0. The largest absolute Gasteiger partial charge is 0.500 e. The summed E-state index contributed by atoms with van der Waals surface area (Å²) in [6.45, 7) is 35.2. The van der Waals surface area contributed by atoms with Crippen LogP contribution in [0.1, 0.15) is 114 Å². The Morgan fingerprint density at radius 3 is 0.786 bits per heavy atom. The Morgan fingerprint density at radius 2 is 0.571 bits per heavy atom. The average Bonchev–Trinajstić information content (AvgIpc) is 2.80. The lowest BCUT2D eigenvalue weighted by atomic mass is 10.1. The Kier molecular flexibility index (Phi) is 16.9. The molecule has 0 saturated heterocycles. The first-order valence-electron chi connectivity index (χ1n) is 16.5. The van der Waals surface area contributed by atoms with E-state index in [2.05, 4.69) is 102 Å². The molecule has 0 aromatic heterocycles. The van der Waals surface area contributed by atoms with Crippen molar-refractivity contribution in [2.75, 3.05) is 21.3 Å². The smallest absolute Gasteiger partial charge is 0.416 e. The Labute approximate surface area is 268 Å². The molecule has 0 heterocycles. The second-order valence-electron chi connectivity index (χ2n) is 16.9. The van der Waals surface area contributed by atoms with Gasteiger partial charge in [0, 0.05) is 33.4 Å². The molecule has 0 unspecified atom stereocenters. The van der Waals surface area contributed by atoms with E-state index < -0.39 is 42.6 Å². The molecular formula is C31H74O6Si5. The van der Waals surface area contributed by atoms with Crippen LogP contribution in [0.25, 0.3) is 0 Å². The zero-order valence-electron chi connectivity index (χ0n) is 31.5. The topological polar surface area (TPSA) is 55.4 Å². The second-order valence-corrected chi connectivity index (χ2v) is 37.9. The first-order valence-corrected chi connectivity index (χ1v) is 29.1. The minimum atomic E-state index is -2.99. The van der Waals surface area contributed by atoms with Gasteiger partial charge in [-0.2, -0.15) is 0 Å². The first kappa shape index (κ1) is 42.8. The maximum atomic E-state index is 7.45. The molecule has 0 radical (unpaired) electrons. The van der Waals surface area contributed by atoms with Crippen LogP contribution in [0.2, 0.25) is 66.5 Å². The quantitative estimate of drug-likeness (QED) is 0.0941. The molecule has 0 aromatic carbocycles. The zero-order valence-corrected chi connectivity index (χ0v) is 36.5. The van der Waals surface area contributed by atoms with Crippen molar-refractivity contribution in [3.8, 4) is 0 Å². The molecule has 0 N–H and O–H groups in total. The SMILES string of the molecule is CO[Si](CCCCCCCCCC[Si](O[Si](C)(C)C(C)(C)C)(O[Si](C)(C)C(C)(C)C)O[Si](C)(C)C(C)(C)C)(OC)OC. The summed E-state index contributed by atoms with van der Waals surface area (Å²) in [4.78, 5) is 0. The van der Waals surface area contributed by atoms with E-state index in [9.17, 15) is 0 Å². The van der Waals surface area contributed by atoms with Gasteiger partial charge in [0.25, 0.3) is 0 Å². The molecule has 0 aliphatic rings. The highest BCUT2D eigenvalue weighted by Gasteiger charge is 2.57. The van der Waals surface area contributed by atoms with Crippen molar-refractivity contribution in [1.82, 2.24) is 0 Å². The van der Waals surface area contributed by atoms with Crippen LogP contribution in [0.4, 0.5) is 0 Å². The van der Waals surface area contributed by atoms with E-state index in [4.69, 9.17) is 25.6 Å². The molecule has 0 atom stereocenters. The van der Waals surface area contributed by atoms with E-state index in [1.165, 1.54) is 38.5 Å². The molecule has 254 valence electrons. The third-order valence-electron chi connectivity index (χ3n) is 10.3. The van der Waals surface area contributed by atoms with Crippen molar-refractivity contribution in [3.05, 3.63) is 0 Å². The lowest BCUT2D eigenvalue weighted by Crippen LogP contribution is -2.65. The van der Waals surface area contributed by atoms with Crippen LogP contribution >= 0.6 is 0 Å². The molecule has 0 amide bonds. The fourth-order valence-electron chi connectivity index (χ4n) is 4.14. The monoisotopic (exact) mass is 682 g/mol. The Hall–Kier alpha value is 0.844. The average molecular weight is 683 g/mol. The van der Waals surface area contributed by atoms with Gasteiger partial charge in [-0.15, -0.1) is 0 Å². The van der Waals surface area contributed by atoms with E-state index >= 15 is 0 Å². The molecule has 0 aliphatic carbocycles. The predicted molar refractivity (Wildman–Crippen MR) is 194 cm³/mol. The minimum Gasteiger partial charge on any atom is -0.416 e. The van der Waals surface area contributed by atoms with Gasteiger partial charge in [0.05, 0.1) is 0 Å². The van der Waals surface area contributed by atoms with Crippen molar-refractivity contribution < 1.29 is 25.6 Å². The van der Waals surface area contributed by atoms with Crippen molar-refractivity contribution >= 4 is 42.6 Å². The van der Waals surface area contributed by atoms with Gasteiger partial charge in [-0.3, -0.25) is 0 Å². The van der Waals surface area contributed by atoms with E-state index in [-0.39, 0.29) is 15.1 Å². The van der Waals surface area contributed by atoms with Gasteiger partial charge in [0.1, 0.15) is 0 Å². The summed E-state index contributed by atoms with van der Waals surface area (Å²) in [7, 11) is -6.76.